The summed E-state index contributed by atoms with van der Waals surface area (Å²) in [6, 6.07) is 13.8. The molecule has 0 aliphatic heterocycles. The van der Waals surface area contributed by atoms with Gasteiger partial charge in [-0.05, 0) is 36.2 Å². The Hall–Kier alpha value is -2.86. The minimum Gasteiger partial charge on any atom is -0.493 e. The van der Waals surface area contributed by atoms with Gasteiger partial charge in [-0.25, -0.2) is 0 Å². The molecule has 0 spiro atoms. The Bertz CT molecular complexity index is 714. The van der Waals surface area contributed by atoms with Crippen LogP contribution in [0.4, 0.5) is 0 Å². The molecule has 0 bridgehead atoms. The van der Waals surface area contributed by atoms with Gasteiger partial charge in [0.1, 0.15) is 0 Å². The van der Waals surface area contributed by atoms with Gasteiger partial charge in [-0.1, -0.05) is 36.1 Å². The minimum atomic E-state index is -0.00332. The van der Waals surface area contributed by atoms with Crippen LogP contribution in [0, 0.1) is 11.8 Å². The number of ether oxygens (including phenoxy) is 3. The SMILES string of the molecule is C=CCC(C#Cc1ccccc1)c1cc(OC)c(OC)c(OC)c1. The van der Waals surface area contributed by atoms with Crippen LogP contribution in [0.5, 0.6) is 17.2 Å². The Morgan fingerprint density at radius 1 is 1.00 bits per heavy atom. The van der Waals surface area contributed by atoms with E-state index in [1.54, 1.807) is 21.3 Å². The maximum absolute atomic E-state index is 5.43. The molecule has 2 rings (SSSR count). The van der Waals surface area contributed by atoms with Gasteiger partial charge in [0.25, 0.3) is 0 Å². The maximum atomic E-state index is 5.43. The van der Waals surface area contributed by atoms with E-state index in [2.05, 4.69) is 18.4 Å². The van der Waals surface area contributed by atoms with Crippen molar-refractivity contribution in [2.45, 2.75) is 12.3 Å². The average Bonchev–Trinajstić information content (AvgIpc) is 2.64. The van der Waals surface area contributed by atoms with Gasteiger partial charge in [-0.2, -0.15) is 0 Å². The van der Waals surface area contributed by atoms with Crippen LogP contribution in [0.3, 0.4) is 0 Å². The first-order valence-corrected chi connectivity index (χ1v) is 7.70. The molecule has 124 valence electrons. The molecule has 0 aliphatic rings. The predicted molar refractivity (Wildman–Crippen MR) is 97.0 cm³/mol. The highest BCUT2D eigenvalue weighted by molar-refractivity contribution is 5.55. The van der Waals surface area contributed by atoms with Gasteiger partial charge < -0.3 is 14.2 Å². The molecule has 0 fully saturated rings. The van der Waals surface area contributed by atoms with Gasteiger partial charge >= 0.3 is 0 Å². The molecule has 0 amide bonds. The van der Waals surface area contributed by atoms with E-state index in [0.717, 1.165) is 17.5 Å². The van der Waals surface area contributed by atoms with Crippen molar-refractivity contribution in [2.24, 2.45) is 0 Å². The summed E-state index contributed by atoms with van der Waals surface area (Å²) < 4.78 is 16.2. The van der Waals surface area contributed by atoms with Crippen LogP contribution in [0.1, 0.15) is 23.5 Å². The monoisotopic (exact) mass is 322 g/mol. The zero-order chi connectivity index (χ0) is 17.4. The lowest BCUT2D eigenvalue weighted by molar-refractivity contribution is 0.323. The normalized spacial score (nSPS) is 11.0. The highest BCUT2D eigenvalue weighted by Gasteiger charge is 2.17. The van der Waals surface area contributed by atoms with Crippen LogP contribution in [0.2, 0.25) is 0 Å². The standard InChI is InChI=1S/C21H22O3/c1-5-9-17(13-12-16-10-7-6-8-11-16)18-14-19(22-2)21(24-4)20(15-18)23-3/h5-8,10-11,14-15,17H,1,9H2,2-4H3. The van der Waals surface area contributed by atoms with Gasteiger partial charge in [0, 0.05) is 11.5 Å². The number of hydrogen-bond acceptors (Lipinski definition) is 3. The van der Waals surface area contributed by atoms with E-state index in [4.69, 9.17) is 14.2 Å². The van der Waals surface area contributed by atoms with E-state index in [1.807, 2.05) is 48.5 Å². The average molecular weight is 322 g/mol. The molecule has 0 radical (unpaired) electrons. The Morgan fingerprint density at radius 3 is 2.12 bits per heavy atom. The third kappa shape index (κ3) is 4.11. The third-order valence-electron chi connectivity index (χ3n) is 3.66. The summed E-state index contributed by atoms with van der Waals surface area (Å²) in [5, 5.41) is 0. The van der Waals surface area contributed by atoms with Crippen LogP contribution < -0.4 is 14.2 Å². The number of hydrogen-bond donors (Lipinski definition) is 0. The first-order valence-electron chi connectivity index (χ1n) is 7.70. The second kappa shape index (κ2) is 8.69. The van der Waals surface area contributed by atoms with Gasteiger partial charge in [-0.15, -0.1) is 6.58 Å². The molecule has 1 atom stereocenters. The van der Waals surface area contributed by atoms with Gasteiger partial charge in [0.2, 0.25) is 5.75 Å². The molecule has 0 saturated heterocycles. The molecule has 0 heterocycles. The van der Waals surface area contributed by atoms with Crippen LogP contribution >= 0.6 is 0 Å². The van der Waals surface area contributed by atoms with Gasteiger partial charge in [0.05, 0.1) is 21.3 Å². The molecule has 0 aliphatic carbocycles. The van der Waals surface area contributed by atoms with E-state index < -0.39 is 0 Å². The number of allylic oxidation sites excluding steroid dienone is 1. The first-order chi connectivity index (χ1) is 11.7. The van der Waals surface area contributed by atoms with Crippen molar-refractivity contribution in [3.05, 3.63) is 66.2 Å². The zero-order valence-corrected chi connectivity index (χ0v) is 14.3. The van der Waals surface area contributed by atoms with Gasteiger partial charge in [-0.3, -0.25) is 0 Å². The maximum Gasteiger partial charge on any atom is 0.203 e. The summed E-state index contributed by atoms with van der Waals surface area (Å²) in [7, 11) is 4.81. The van der Waals surface area contributed by atoms with Crippen molar-refractivity contribution in [1.82, 2.24) is 0 Å². The lowest BCUT2D eigenvalue weighted by atomic mass is 9.95. The van der Waals surface area contributed by atoms with E-state index in [1.165, 1.54) is 0 Å². The summed E-state index contributed by atoms with van der Waals surface area (Å²) in [6.45, 7) is 3.84. The topological polar surface area (TPSA) is 27.7 Å². The molecule has 2 aromatic carbocycles. The molecular weight excluding hydrogens is 300 g/mol. The Morgan fingerprint density at radius 2 is 1.62 bits per heavy atom. The Labute approximate surface area is 143 Å². The molecule has 2 aromatic rings. The molecular formula is C21H22O3. The van der Waals surface area contributed by atoms with Crippen molar-refractivity contribution in [3.63, 3.8) is 0 Å². The number of rotatable bonds is 6. The van der Waals surface area contributed by atoms with Crippen LogP contribution in [0.25, 0.3) is 0 Å². The number of methoxy groups -OCH3 is 3. The summed E-state index contributed by atoms with van der Waals surface area (Å²) in [4.78, 5) is 0. The molecule has 3 heteroatoms. The smallest absolute Gasteiger partial charge is 0.203 e. The fourth-order valence-corrected chi connectivity index (χ4v) is 2.44. The summed E-state index contributed by atoms with van der Waals surface area (Å²) in [5.41, 5.74) is 1.99. The Balaban J connectivity index is 2.44. The van der Waals surface area contributed by atoms with E-state index in [0.29, 0.717) is 17.2 Å². The number of benzene rings is 2. The highest BCUT2D eigenvalue weighted by atomic mass is 16.5. The molecule has 0 saturated carbocycles. The highest BCUT2D eigenvalue weighted by Crippen LogP contribution is 2.40. The quantitative estimate of drug-likeness (QED) is 0.582. The van der Waals surface area contributed by atoms with Crippen molar-refractivity contribution in [2.75, 3.05) is 21.3 Å². The largest absolute Gasteiger partial charge is 0.493 e. The molecule has 24 heavy (non-hydrogen) atoms. The molecule has 0 N–H and O–H groups in total. The van der Waals surface area contributed by atoms with Crippen LogP contribution in [-0.4, -0.2) is 21.3 Å². The lowest BCUT2D eigenvalue weighted by Crippen LogP contribution is -2.00. The van der Waals surface area contributed by atoms with E-state index >= 15 is 0 Å². The lowest BCUT2D eigenvalue weighted by Gasteiger charge is -2.16. The van der Waals surface area contributed by atoms with E-state index in [9.17, 15) is 0 Å². The summed E-state index contributed by atoms with van der Waals surface area (Å²) in [6.07, 6.45) is 2.60. The molecule has 1 unspecified atom stereocenters. The fourth-order valence-electron chi connectivity index (χ4n) is 2.44. The second-order valence-corrected chi connectivity index (χ2v) is 5.17. The molecule has 3 nitrogen and oxygen atoms in total. The summed E-state index contributed by atoms with van der Waals surface area (Å²) >= 11 is 0. The summed E-state index contributed by atoms with van der Waals surface area (Å²) in [5.74, 6) is 8.37. The predicted octanol–water partition coefficient (Wildman–Crippen LogP) is 4.42. The second-order valence-electron chi connectivity index (χ2n) is 5.17. The first kappa shape index (κ1) is 17.5. The molecule has 0 aromatic heterocycles. The van der Waals surface area contributed by atoms with E-state index in [-0.39, 0.29) is 5.92 Å². The van der Waals surface area contributed by atoms with Crippen LogP contribution in [-0.2, 0) is 0 Å². The van der Waals surface area contributed by atoms with Crippen LogP contribution in [0.15, 0.2) is 55.1 Å². The van der Waals surface area contributed by atoms with Crippen molar-refractivity contribution in [3.8, 4) is 29.1 Å². The minimum absolute atomic E-state index is 0.00332. The van der Waals surface area contributed by atoms with Crippen molar-refractivity contribution < 1.29 is 14.2 Å². The zero-order valence-electron chi connectivity index (χ0n) is 14.3. The Kier molecular flexibility index (Phi) is 6.33. The fraction of sp³-hybridized carbons (Fsp3) is 0.238. The van der Waals surface area contributed by atoms with Gasteiger partial charge in [0.15, 0.2) is 11.5 Å². The van der Waals surface area contributed by atoms with Crippen molar-refractivity contribution >= 4 is 0 Å². The third-order valence-corrected chi connectivity index (χ3v) is 3.66. The van der Waals surface area contributed by atoms with Crippen molar-refractivity contribution in [1.29, 1.82) is 0 Å².